The van der Waals surface area contributed by atoms with E-state index in [4.69, 9.17) is 0 Å². The highest BCUT2D eigenvalue weighted by Crippen LogP contribution is 2.14. The van der Waals surface area contributed by atoms with Crippen molar-refractivity contribution in [3.8, 4) is 0 Å². The van der Waals surface area contributed by atoms with E-state index in [-0.39, 0.29) is 5.91 Å². The van der Waals surface area contributed by atoms with Crippen LogP contribution in [0.4, 0.5) is 8.78 Å². The predicted octanol–water partition coefficient (Wildman–Crippen LogP) is 2.77. The summed E-state index contributed by atoms with van der Waals surface area (Å²) in [6.07, 6.45) is 0.827. The van der Waals surface area contributed by atoms with E-state index in [1.165, 1.54) is 23.5 Å². The number of hydrogen-bond donors (Lipinski definition) is 0. The second kappa shape index (κ2) is 7.14. The fourth-order valence-corrected chi connectivity index (χ4v) is 3.30. The molecule has 1 aliphatic rings. The Morgan fingerprint density at radius 1 is 1.13 bits per heavy atom. The van der Waals surface area contributed by atoms with Crippen molar-refractivity contribution in [1.29, 1.82) is 0 Å². The molecule has 3 rings (SSSR count). The Kier molecular flexibility index (Phi) is 4.97. The van der Waals surface area contributed by atoms with Gasteiger partial charge in [0.05, 0.1) is 5.51 Å². The predicted molar refractivity (Wildman–Crippen MR) is 84.3 cm³/mol. The van der Waals surface area contributed by atoms with Crippen LogP contribution in [0.15, 0.2) is 29.1 Å². The standard InChI is InChI=1S/C16H17F2N3OS/c17-13-6-12(7-14(18)8-13)9-20-2-1-3-21(5-4-20)16(22)15-10-23-11-19-15/h6-8,10-11H,1-5,9H2. The molecule has 1 amide bonds. The minimum atomic E-state index is -0.560. The summed E-state index contributed by atoms with van der Waals surface area (Å²) in [5.41, 5.74) is 2.74. The van der Waals surface area contributed by atoms with Crippen LogP contribution in [0.25, 0.3) is 0 Å². The molecular weight excluding hydrogens is 320 g/mol. The van der Waals surface area contributed by atoms with Crippen LogP contribution in [0, 0.1) is 11.6 Å². The lowest BCUT2D eigenvalue weighted by Crippen LogP contribution is -2.35. The second-order valence-corrected chi connectivity index (χ2v) is 6.29. The number of aromatic nitrogens is 1. The summed E-state index contributed by atoms with van der Waals surface area (Å²) in [5.74, 6) is -1.17. The van der Waals surface area contributed by atoms with Gasteiger partial charge < -0.3 is 4.90 Å². The number of carbonyl (C=O) groups excluding carboxylic acids is 1. The first kappa shape index (κ1) is 16.0. The Balaban J connectivity index is 1.61. The van der Waals surface area contributed by atoms with E-state index in [0.717, 1.165) is 19.0 Å². The molecule has 1 saturated heterocycles. The maximum atomic E-state index is 13.3. The number of benzene rings is 1. The molecule has 0 unspecified atom stereocenters. The van der Waals surface area contributed by atoms with Crippen molar-refractivity contribution < 1.29 is 13.6 Å². The van der Waals surface area contributed by atoms with Gasteiger partial charge in [0.25, 0.3) is 5.91 Å². The highest BCUT2D eigenvalue weighted by atomic mass is 32.1. The maximum Gasteiger partial charge on any atom is 0.273 e. The molecule has 2 aromatic rings. The van der Waals surface area contributed by atoms with Gasteiger partial charge in [-0.3, -0.25) is 9.69 Å². The highest BCUT2D eigenvalue weighted by Gasteiger charge is 2.21. The Hall–Kier alpha value is -1.86. The molecule has 1 aromatic heterocycles. The molecule has 122 valence electrons. The van der Waals surface area contributed by atoms with Gasteiger partial charge in [0, 0.05) is 44.2 Å². The van der Waals surface area contributed by atoms with E-state index in [1.807, 2.05) is 0 Å². The van der Waals surface area contributed by atoms with Crippen LogP contribution >= 0.6 is 11.3 Å². The summed E-state index contributed by atoms with van der Waals surface area (Å²) in [5, 5.41) is 1.75. The number of thiazole rings is 1. The highest BCUT2D eigenvalue weighted by molar-refractivity contribution is 7.07. The third-order valence-corrected chi connectivity index (χ3v) is 4.44. The van der Waals surface area contributed by atoms with E-state index in [1.54, 1.807) is 15.8 Å². The molecule has 0 atom stereocenters. The van der Waals surface area contributed by atoms with Crippen LogP contribution in [-0.2, 0) is 6.54 Å². The van der Waals surface area contributed by atoms with E-state index < -0.39 is 11.6 Å². The topological polar surface area (TPSA) is 36.4 Å². The Bertz CT molecular complexity index is 658. The maximum absolute atomic E-state index is 13.3. The number of hydrogen-bond acceptors (Lipinski definition) is 4. The Labute approximate surface area is 137 Å². The van der Waals surface area contributed by atoms with Crippen LogP contribution in [-0.4, -0.2) is 46.9 Å². The molecule has 0 N–H and O–H groups in total. The van der Waals surface area contributed by atoms with E-state index in [0.29, 0.717) is 37.4 Å². The lowest BCUT2D eigenvalue weighted by atomic mass is 10.2. The molecule has 0 radical (unpaired) electrons. The van der Waals surface area contributed by atoms with Crippen LogP contribution in [0.2, 0.25) is 0 Å². The number of nitrogens with zero attached hydrogens (tertiary/aromatic N) is 3. The monoisotopic (exact) mass is 337 g/mol. The zero-order valence-electron chi connectivity index (χ0n) is 12.5. The number of rotatable bonds is 3. The number of carbonyl (C=O) groups is 1. The van der Waals surface area contributed by atoms with Crippen LogP contribution < -0.4 is 0 Å². The SMILES string of the molecule is O=C(c1cscn1)N1CCCN(Cc2cc(F)cc(F)c2)CC1. The molecule has 0 aliphatic carbocycles. The van der Waals surface area contributed by atoms with E-state index >= 15 is 0 Å². The van der Waals surface area contributed by atoms with Crippen molar-refractivity contribution in [3.63, 3.8) is 0 Å². The minimum absolute atomic E-state index is 0.0510. The molecule has 0 saturated carbocycles. The van der Waals surface area contributed by atoms with E-state index in [2.05, 4.69) is 9.88 Å². The molecule has 1 aromatic carbocycles. The fraction of sp³-hybridized carbons (Fsp3) is 0.375. The van der Waals surface area contributed by atoms with Crippen LogP contribution in [0.1, 0.15) is 22.5 Å². The molecule has 23 heavy (non-hydrogen) atoms. The van der Waals surface area contributed by atoms with Crippen molar-refractivity contribution >= 4 is 17.2 Å². The minimum Gasteiger partial charge on any atom is -0.336 e. The average molecular weight is 337 g/mol. The molecular formula is C16H17F2N3OS. The van der Waals surface area contributed by atoms with Crippen LogP contribution in [0.3, 0.4) is 0 Å². The first-order chi connectivity index (χ1) is 11.1. The van der Waals surface area contributed by atoms with E-state index in [9.17, 15) is 13.6 Å². The van der Waals surface area contributed by atoms with Crippen molar-refractivity contribution in [3.05, 3.63) is 52.0 Å². The van der Waals surface area contributed by atoms with Crippen molar-refractivity contribution in [2.24, 2.45) is 0 Å². The molecule has 2 heterocycles. The normalized spacial score (nSPS) is 16.3. The van der Waals surface area contributed by atoms with Gasteiger partial charge >= 0.3 is 0 Å². The smallest absolute Gasteiger partial charge is 0.273 e. The zero-order valence-corrected chi connectivity index (χ0v) is 13.4. The summed E-state index contributed by atoms with van der Waals surface area (Å²) in [7, 11) is 0. The second-order valence-electron chi connectivity index (χ2n) is 5.57. The van der Waals surface area contributed by atoms with Gasteiger partial charge in [-0.2, -0.15) is 0 Å². The molecule has 7 heteroatoms. The number of amides is 1. The average Bonchev–Trinajstić information content (AvgIpc) is 2.93. The third kappa shape index (κ3) is 4.11. The Morgan fingerprint density at radius 2 is 1.91 bits per heavy atom. The van der Waals surface area contributed by atoms with Gasteiger partial charge in [-0.25, -0.2) is 13.8 Å². The lowest BCUT2D eigenvalue weighted by Gasteiger charge is -2.21. The third-order valence-electron chi connectivity index (χ3n) is 3.86. The van der Waals surface area contributed by atoms with Gasteiger partial charge in [-0.15, -0.1) is 11.3 Å². The zero-order chi connectivity index (χ0) is 16.2. The molecule has 4 nitrogen and oxygen atoms in total. The van der Waals surface area contributed by atoms with Gasteiger partial charge in [0.15, 0.2) is 0 Å². The van der Waals surface area contributed by atoms with Gasteiger partial charge in [0.2, 0.25) is 0 Å². The fourth-order valence-electron chi connectivity index (χ4n) is 2.77. The quantitative estimate of drug-likeness (QED) is 0.864. The van der Waals surface area contributed by atoms with Gasteiger partial charge in [-0.05, 0) is 24.1 Å². The summed E-state index contributed by atoms with van der Waals surface area (Å²) >= 11 is 1.40. The largest absolute Gasteiger partial charge is 0.336 e. The summed E-state index contributed by atoms with van der Waals surface area (Å²) in [4.78, 5) is 20.3. The molecule has 1 aliphatic heterocycles. The molecule has 0 bridgehead atoms. The van der Waals surface area contributed by atoms with Crippen LogP contribution in [0.5, 0.6) is 0 Å². The molecule has 1 fully saturated rings. The Morgan fingerprint density at radius 3 is 2.61 bits per heavy atom. The van der Waals surface area contributed by atoms with Gasteiger partial charge in [0.1, 0.15) is 17.3 Å². The van der Waals surface area contributed by atoms with Gasteiger partial charge in [-0.1, -0.05) is 0 Å². The summed E-state index contributed by atoms with van der Waals surface area (Å²) in [6, 6.07) is 3.58. The van der Waals surface area contributed by atoms with Crippen molar-refractivity contribution in [2.75, 3.05) is 26.2 Å². The lowest BCUT2D eigenvalue weighted by molar-refractivity contribution is 0.0756. The number of halogens is 2. The first-order valence-electron chi connectivity index (χ1n) is 7.46. The first-order valence-corrected chi connectivity index (χ1v) is 8.41. The van der Waals surface area contributed by atoms with Crippen molar-refractivity contribution in [2.45, 2.75) is 13.0 Å². The summed E-state index contributed by atoms with van der Waals surface area (Å²) in [6.45, 7) is 3.21. The summed E-state index contributed by atoms with van der Waals surface area (Å²) < 4.78 is 26.5. The van der Waals surface area contributed by atoms with Crippen molar-refractivity contribution in [1.82, 2.24) is 14.8 Å². The molecule has 0 spiro atoms.